The van der Waals surface area contributed by atoms with E-state index >= 15 is 0 Å². The second-order valence-electron chi connectivity index (χ2n) is 5.15. The number of carboxylic acid groups (broad SMARTS) is 1. The molecule has 0 spiro atoms. The first-order valence-electron chi connectivity index (χ1n) is 6.08. The number of carbonyl (C=O) groups is 1. The van der Waals surface area contributed by atoms with Crippen LogP contribution in [0.2, 0.25) is 0 Å². The third-order valence-corrected chi connectivity index (χ3v) is 4.13. The summed E-state index contributed by atoms with van der Waals surface area (Å²) in [4.78, 5) is 14.6. The van der Waals surface area contributed by atoms with E-state index in [1.165, 1.54) is 6.42 Å². The smallest absolute Gasteiger partial charge is 0.374 e. The fourth-order valence-electron chi connectivity index (χ4n) is 3.36. The number of aromatic carboxylic acids is 1. The predicted molar refractivity (Wildman–Crippen MR) is 56.6 cm³/mol. The minimum absolute atomic E-state index is 0.0225. The molecule has 0 amide bonds. The van der Waals surface area contributed by atoms with Crippen LogP contribution in [-0.2, 0) is 0 Å². The molecule has 18 heavy (non-hydrogen) atoms. The highest BCUT2D eigenvalue weighted by Gasteiger charge is 2.43. The second kappa shape index (κ2) is 4.03. The number of oxazole rings is 1. The fourth-order valence-corrected chi connectivity index (χ4v) is 3.36. The largest absolute Gasteiger partial charge is 0.475 e. The molecular formula is C12H13F2NO3. The van der Waals surface area contributed by atoms with Crippen LogP contribution in [0.4, 0.5) is 8.78 Å². The van der Waals surface area contributed by atoms with Crippen molar-refractivity contribution in [2.75, 3.05) is 0 Å². The average Bonchev–Trinajstić information content (AvgIpc) is 3.02. The van der Waals surface area contributed by atoms with Crippen molar-refractivity contribution < 1.29 is 23.1 Å². The molecule has 3 rings (SSSR count). The van der Waals surface area contributed by atoms with Crippen LogP contribution in [-0.4, -0.2) is 16.1 Å². The summed E-state index contributed by atoms with van der Waals surface area (Å²) in [6.45, 7) is 0. The first kappa shape index (κ1) is 11.6. The Kier molecular flexibility index (Phi) is 2.60. The standard InChI is InChI=1S/C12H13F2NO3/c13-10(14)8-9(12(16)17)18-11(15-8)7-4-5-1-2-6(7)3-5/h5-7,10H,1-4H2,(H,16,17). The lowest BCUT2D eigenvalue weighted by atomic mass is 9.89. The summed E-state index contributed by atoms with van der Waals surface area (Å²) in [7, 11) is 0. The van der Waals surface area contributed by atoms with E-state index < -0.39 is 23.8 Å². The number of fused-ring (bicyclic) bond motifs is 2. The summed E-state index contributed by atoms with van der Waals surface area (Å²) >= 11 is 0. The molecule has 2 fully saturated rings. The van der Waals surface area contributed by atoms with E-state index in [0.29, 0.717) is 11.8 Å². The van der Waals surface area contributed by atoms with Gasteiger partial charge in [-0.3, -0.25) is 0 Å². The zero-order chi connectivity index (χ0) is 12.9. The summed E-state index contributed by atoms with van der Waals surface area (Å²) in [6.07, 6.45) is 1.29. The van der Waals surface area contributed by atoms with Gasteiger partial charge in [0.2, 0.25) is 5.76 Å². The summed E-state index contributed by atoms with van der Waals surface area (Å²) < 4.78 is 30.5. The van der Waals surface area contributed by atoms with Crippen LogP contribution < -0.4 is 0 Å². The molecule has 0 radical (unpaired) electrons. The lowest BCUT2D eigenvalue weighted by Gasteiger charge is -2.17. The molecule has 1 aromatic rings. The number of aromatic nitrogens is 1. The van der Waals surface area contributed by atoms with Gasteiger partial charge in [-0.15, -0.1) is 0 Å². The van der Waals surface area contributed by atoms with Gasteiger partial charge >= 0.3 is 5.97 Å². The molecule has 2 bridgehead atoms. The quantitative estimate of drug-likeness (QED) is 0.903. The van der Waals surface area contributed by atoms with Crippen molar-refractivity contribution in [2.45, 2.75) is 38.0 Å². The number of alkyl halides is 2. The molecule has 6 heteroatoms. The molecular weight excluding hydrogens is 244 g/mol. The normalized spacial score (nSPS) is 30.3. The van der Waals surface area contributed by atoms with Gasteiger partial charge in [-0.1, -0.05) is 6.42 Å². The molecule has 3 atom stereocenters. The Morgan fingerprint density at radius 3 is 2.61 bits per heavy atom. The van der Waals surface area contributed by atoms with Crippen molar-refractivity contribution in [3.05, 3.63) is 17.3 Å². The van der Waals surface area contributed by atoms with E-state index in [-0.39, 0.29) is 11.8 Å². The minimum Gasteiger partial charge on any atom is -0.475 e. The van der Waals surface area contributed by atoms with Gasteiger partial charge in [0.25, 0.3) is 6.43 Å². The van der Waals surface area contributed by atoms with Crippen LogP contribution in [0, 0.1) is 11.8 Å². The van der Waals surface area contributed by atoms with Crippen molar-refractivity contribution in [1.29, 1.82) is 0 Å². The number of carboxylic acids is 1. The lowest BCUT2D eigenvalue weighted by molar-refractivity contribution is 0.0643. The number of nitrogens with zero attached hydrogens (tertiary/aromatic N) is 1. The Morgan fingerprint density at radius 2 is 2.17 bits per heavy atom. The van der Waals surface area contributed by atoms with E-state index in [1.54, 1.807) is 0 Å². The molecule has 0 aliphatic heterocycles. The number of rotatable bonds is 3. The number of halogens is 2. The van der Waals surface area contributed by atoms with Gasteiger partial charge in [-0.25, -0.2) is 18.6 Å². The Balaban J connectivity index is 1.93. The van der Waals surface area contributed by atoms with E-state index in [2.05, 4.69) is 4.98 Å². The van der Waals surface area contributed by atoms with Gasteiger partial charge in [0.05, 0.1) is 0 Å². The van der Waals surface area contributed by atoms with Crippen LogP contribution in [0.15, 0.2) is 4.42 Å². The van der Waals surface area contributed by atoms with Crippen molar-refractivity contribution in [3.63, 3.8) is 0 Å². The molecule has 2 saturated carbocycles. The average molecular weight is 257 g/mol. The predicted octanol–water partition coefficient (Wildman–Crippen LogP) is 3.21. The monoisotopic (exact) mass is 257 g/mol. The van der Waals surface area contributed by atoms with Gasteiger partial charge in [-0.05, 0) is 31.1 Å². The second-order valence-corrected chi connectivity index (χ2v) is 5.15. The topological polar surface area (TPSA) is 63.3 Å². The van der Waals surface area contributed by atoms with Crippen molar-refractivity contribution in [2.24, 2.45) is 11.8 Å². The summed E-state index contributed by atoms with van der Waals surface area (Å²) in [5.74, 6) is -0.935. The maximum absolute atomic E-state index is 12.7. The zero-order valence-electron chi connectivity index (χ0n) is 9.60. The fraction of sp³-hybridized carbons (Fsp3) is 0.667. The van der Waals surface area contributed by atoms with Gasteiger partial charge in [-0.2, -0.15) is 0 Å². The molecule has 2 aliphatic carbocycles. The van der Waals surface area contributed by atoms with E-state index in [0.717, 1.165) is 19.3 Å². The molecule has 1 aromatic heterocycles. The highest BCUT2D eigenvalue weighted by Crippen LogP contribution is 2.52. The Labute approximate surface area is 102 Å². The highest BCUT2D eigenvalue weighted by atomic mass is 19.3. The Hall–Kier alpha value is -1.46. The van der Waals surface area contributed by atoms with Crippen molar-refractivity contribution in [1.82, 2.24) is 4.98 Å². The van der Waals surface area contributed by atoms with Crippen molar-refractivity contribution >= 4 is 5.97 Å². The van der Waals surface area contributed by atoms with Crippen LogP contribution >= 0.6 is 0 Å². The lowest BCUT2D eigenvalue weighted by Crippen LogP contribution is -2.08. The number of hydrogen-bond donors (Lipinski definition) is 1. The summed E-state index contributed by atoms with van der Waals surface area (Å²) in [5.41, 5.74) is -0.736. The molecule has 98 valence electrons. The van der Waals surface area contributed by atoms with Crippen LogP contribution in [0.1, 0.15) is 60.2 Å². The molecule has 1 heterocycles. The summed E-state index contributed by atoms with van der Waals surface area (Å²) in [5, 5.41) is 8.84. The van der Waals surface area contributed by atoms with Gasteiger partial charge < -0.3 is 9.52 Å². The minimum atomic E-state index is -2.91. The van der Waals surface area contributed by atoms with Crippen LogP contribution in [0.25, 0.3) is 0 Å². The van der Waals surface area contributed by atoms with Crippen LogP contribution in [0.5, 0.6) is 0 Å². The maximum Gasteiger partial charge on any atom is 0.374 e. The first-order valence-corrected chi connectivity index (χ1v) is 6.08. The van der Waals surface area contributed by atoms with Gasteiger partial charge in [0.15, 0.2) is 11.6 Å². The Morgan fingerprint density at radius 1 is 1.39 bits per heavy atom. The third kappa shape index (κ3) is 1.71. The van der Waals surface area contributed by atoms with E-state index in [4.69, 9.17) is 9.52 Å². The Bertz CT molecular complexity index is 486. The molecule has 4 nitrogen and oxygen atoms in total. The molecule has 2 aliphatic rings. The maximum atomic E-state index is 12.7. The summed E-state index contributed by atoms with van der Waals surface area (Å²) in [6, 6.07) is 0. The zero-order valence-corrected chi connectivity index (χ0v) is 9.60. The molecule has 0 aromatic carbocycles. The van der Waals surface area contributed by atoms with Gasteiger partial charge in [0, 0.05) is 5.92 Å². The molecule has 0 saturated heterocycles. The van der Waals surface area contributed by atoms with E-state index in [9.17, 15) is 13.6 Å². The third-order valence-electron chi connectivity index (χ3n) is 4.13. The van der Waals surface area contributed by atoms with Crippen LogP contribution in [0.3, 0.4) is 0 Å². The van der Waals surface area contributed by atoms with Crippen molar-refractivity contribution in [3.8, 4) is 0 Å². The SMILES string of the molecule is O=C(O)c1oc(C2CC3CCC2C3)nc1C(F)F. The highest BCUT2D eigenvalue weighted by molar-refractivity contribution is 5.85. The molecule has 1 N–H and O–H groups in total. The number of hydrogen-bond acceptors (Lipinski definition) is 3. The molecule has 3 unspecified atom stereocenters. The first-order chi connectivity index (χ1) is 8.56. The van der Waals surface area contributed by atoms with Gasteiger partial charge in [0.1, 0.15) is 0 Å². The van der Waals surface area contributed by atoms with E-state index in [1.807, 2.05) is 0 Å².